The van der Waals surface area contributed by atoms with Gasteiger partial charge in [-0.15, -0.1) is 0 Å². The highest BCUT2D eigenvalue weighted by Crippen LogP contribution is 2.21. The molecule has 0 bridgehead atoms. The molecular weight excluding hydrogens is 288 g/mol. The highest BCUT2D eigenvalue weighted by atomic mass is 32.2. The first-order valence-corrected chi connectivity index (χ1v) is 7.61. The number of carbonyl (C=O) groups is 2. The van der Waals surface area contributed by atoms with Crippen LogP contribution in [-0.2, 0) is 24.5 Å². The van der Waals surface area contributed by atoms with Gasteiger partial charge in [-0.1, -0.05) is 0 Å². The van der Waals surface area contributed by atoms with Gasteiger partial charge in [-0.3, -0.25) is 4.79 Å². The first-order valence-electron chi connectivity index (χ1n) is 6.17. The summed E-state index contributed by atoms with van der Waals surface area (Å²) in [5.41, 5.74) is -0.813. The smallest absolute Gasteiger partial charge is 0.422 e. The molecule has 8 nitrogen and oxygen atoms in total. The summed E-state index contributed by atoms with van der Waals surface area (Å²) in [5.74, 6) is -0.642. The first kappa shape index (κ1) is 16.7. The first-order chi connectivity index (χ1) is 9.07. The minimum absolute atomic E-state index is 0.151. The number of nitrogens with zero attached hydrogens (tertiary/aromatic N) is 1. The summed E-state index contributed by atoms with van der Waals surface area (Å²) >= 11 is 0. The van der Waals surface area contributed by atoms with Gasteiger partial charge in [0.2, 0.25) is 0 Å². The molecule has 1 heterocycles. The van der Waals surface area contributed by atoms with E-state index in [1.165, 1.54) is 7.11 Å². The van der Waals surface area contributed by atoms with Crippen molar-refractivity contribution in [2.45, 2.75) is 45.3 Å². The molecule has 1 amide bonds. The second-order valence-corrected chi connectivity index (χ2v) is 7.02. The predicted octanol–water partition coefficient (Wildman–Crippen LogP) is 0.393. The molecule has 0 aliphatic carbocycles. The van der Waals surface area contributed by atoms with Gasteiger partial charge in [-0.05, 0) is 33.6 Å². The average Bonchev–Trinajstić information content (AvgIpc) is 2.73. The molecule has 1 atom stereocenters. The number of amides is 1. The van der Waals surface area contributed by atoms with E-state index in [0.717, 1.165) is 4.31 Å². The zero-order chi connectivity index (χ0) is 15.6. The summed E-state index contributed by atoms with van der Waals surface area (Å²) in [4.78, 5) is 23.0. The SMILES string of the molecule is COC(=O)[C@@H]1CCCN1S(=O)(=O)NC(=O)OC(C)(C)C. The second-order valence-electron chi connectivity index (χ2n) is 5.40. The van der Waals surface area contributed by atoms with Crippen LogP contribution in [0.25, 0.3) is 0 Å². The molecule has 0 aromatic carbocycles. The van der Waals surface area contributed by atoms with Crippen LogP contribution in [0.1, 0.15) is 33.6 Å². The molecule has 0 unspecified atom stereocenters. The Labute approximate surface area is 118 Å². The van der Waals surface area contributed by atoms with Gasteiger partial charge >= 0.3 is 22.3 Å². The summed E-state index contributed by atoms with van der Waals surface area (Å²) in [5, 5.41) is 0. The van der Waals surface area contributed by atoms with E-state index in [0.29, 0.717) is 12.8 Å². The van der Waals surface area contributed by atoms with Gasteiger partial charge in [0.15, 0.2) is 0 Å². The highest BCUT2D eigenvalue weighted by Gasteiger charge is 2.40. The maximum atomic E-state index is 12.1. The summed E-state index contributed by atoms with van der Waals surface area (Å²) in [6.45, 7) is 5.00. The van der Waals surface area contributed by atoms with Gasteiger partial charge in [-0.25, -0.2) is 9.52 Å². The Morgan fingerprint density at radius 2 is 1.90 bits per heavy atom. The molecule has 116 valence electrons. The molecule has 1 saturated heterocycles. The van der Waals surface area contributed by atoms with Crippen molar-refractivity contribution in [1.29, 1.82) is 0 Å². The van der Waals surface area contributed by atoms with Gasteiger partial charge in [-0.2, -0.15) is 12.7 Å². The standard InChI is InChI=1S/C11H20N2O6S/c1-11(2,3)19-10(15)12-20(16,17)13-7-5-6-8(13)9(14)18-4/h8H,5-7H2,1-4H3,(H,12,15)/t8-/m0/s1. The third-order valence-electron chi connectivity index (χ3n) is 2.60. The zero-order valence-electron chi connectivity index (χ0n) is 12.0. The lowest BCUT2D eigenvalue weighted by Crippen LogP contribution is -2.49. The number of rotatable bonds is 3. The van der Waals surface area contributed by atoms with Crippen LogP contribution >= 0.6 is 0 Å². The molecule has 1 rings (SSSR count). The lowest BCUT2D eigenvalue weighted by molar-refractivity contribution is -0.144. The largest absolute Gasteiger partial charge is 0.468 e. The quantitative estimate of drug-likeness (QED) is 0.757. The van der Waals surface area contributed by atoms with Crippen LogP contribution in [0.3, 0.4) is 0 Å². The molecule has 0 spiro atoms. The summed E-state index contributed by atoms with van der Waals surface area (Å²) in [6.07, 6.45) is -0.190. The third-order valence-corrected chi connectivity index (χ3v) is 4.08. The number of nitrogens with one attached hydrogen (secondary N) is 1. The molecule has 1 fully saturated rings. The third kappa shape index (κ3) is 4.34. The second kappa shape index (κ2) is 5.96. The van der Waals surface area contributed by atoms with Crippen LogP contribution in [0.15, 0.2) is 0 Å². The molecule has 0 aromatic heterocycles. The van der Waals surface area contributed by atoms with Gasteiger partial charge in [0.25, 0.3) is 0 Å². The number of ether oxygens (including phenoxy) is 2. The Morgan fingerprint density at radius 1 is 1.30 bits per heavy atom. The van der Waals surface area contributed by atoms with E-state index < -0.39 is 33.9 Å². The van der Waals surface area contributed by atoms with Crippen LogP contribution in [0.2, 0.25) is 0 Å². The van der Waals surface area contributed by atoms with Crippen molar-refractivity contribution < 1.29 is 27.5 Å². The van der Waals surface area contributed by atoms with Crippen molar-refractivity contribution in [1.82, 2.24) is 9.03 Å². The summed E-state index contributed by atoms with van der Waals surface area (Å²) in [6, 6.07) is -0.903. The number of methoxy groups -OCH3 is 1. The van der Waals surface area contributed by atoms with E-state index in [2.05, 4.69) is 4.74 Å². The minimum Gasteiger partial charge on any atom is -0.468 e. The lowest BCUT2D eigenvalue weighted by atomic mass is 10.2. The van der Waals surface area contributed by atoms with Gasteiger partial charge in [0, 0.05) is 6.54 Å². The van der Waals surface area contributed by atoms with E-state index in [9.17, 15) is 18.0 Å². The number of esters is 1. The van der Waals surface area contributed by atoms with E-state index in [1.807, 2.05) is 0 Å². The molecular formula is C11H20N2O6S. The fraction of sp³-hybridized carbons (Fsp3) is 0.818. The van der Waals surface area contributed by atoms with Crippen LogP contribution in [-0.4, -0.2) is 50.1 Å². The molecule has 0 saturated carbocycles. The van der Waals surface area contributed by atoms with Crippen molar-refractivity contribution in [3.05, 3.63) is 0 Å². The van der Waals surface area contributed by atoms with E-state index >= 15 is 0 Å². The lowest BCUT2D eigenvalue weighted by Gasteiger charge is -2.24. The fourth-order valence-electron chi connectivity index (χ4n) is 1.86. The molecule has 20 heavy (non-hydrogen) atoms. The van der Waals surface area contributed by atoms with Crippen LogP contribution in [0, 0.1) is 0 Å². The van der Waals surface area contributed by atoms with Crippen molar-refractivity contribution in [2.75, 3.05) is 13.7 Å². The summed E-state index contributed by atoms with van der Waals surface area (Å²) < 4.78 is 36.3. The van der Waals surface area contributed by atoms with Gasteiger partial charge < -0.3 is 9.47 Å². The average molecular weight is 308 g/mol. The molecule has 9 heteroatoms. The zero-order valence-corrected chi connectivity index (χ0v) is 12.8. The molecule has 1 aliphatic rings. The van der Waals surface area contributed by atoms with Crippen LogP contribution in [0.4, 0.5) is 4.79 Å². The summed E-state index contributed by atoms with van der Waals surface area (Å²) in [7, 11) is -2.94. The Balaban J connectivity index is 2.78. The highest BCUT2D eigenvalue weighted by molar-refractivity contribution is 7.87. The maximum Gasteiger partial charge on any atom is 0.422 e. The van der Waals surface area contributed by atoms with E-state index in [-0.39, 0.29) is 6.54 Å². The Morgan fingerprint density at radius 3 is 2.40 bits per heavy atom. The topological polar surface area (TPSA) is 102 Å². The van der Waals surface area contributed by atoms with Crippen LogP contribution < -0.4 is 4.72 Å². The Hall–Kier alpha value is -1.35. The predicted molar refractivity (Wildman–Crippen MR) is 70.0 cm³/mol. The number of hydrogen-bond donors (Lipinski definition) is 1. The monoisotopic (exact) mass is 308 g/mol. The van der Waals surface area contributed by atoms with E-state index in [1.54, 1.807) is 25.5 Å². The van der Waals surface area contributed by atoms with Gasteiger partial charge in [0.1, 0.15) is 11.6 Å². The fourth-order valence-corrected chi connectivity index (χ4v) is 3.13. The Kier molecular flexibility index (Phi) is 4.98. The molecule has 0 aromatic rings. The van der Waals surface area contributed by atoms with Crippen molar-refractivity contribution >= 4 is 22.3 Å². The Bertz CT molecular complexity index is 482. The molecule has 1 aliphatic heterocycles. The van der Waals surface area contributed by atoms with Crippen LogP contribution in [0.5, 0.6) is 0 Å². The van der Waals surface area contributed by atoms with Crippen molar-refractivity contribution in [3.8, 4) is 0 Å². The van der Waals surface area contributed by atoms with E-state index in [4.69, 9.17) is 4.74 Å². The number of carbonyl (C=O) groups excluding carboxylic acids is 2. The van der Waals surface area contributed by atoms with Crippen molar-refractivity contribution in [2.24, 2.45) is 0 Å². The maximum absolute atomic E-state index is 12.1. The molecule has 0 radical (unpaired) electrons. The van der Waals surface area contributed by atoms with Crippen molar-refractivity contribution in [3.63, 3.8) is 0 Å². The van der Waals surface area contributed by atoms with Gasteiger partial charge in [0.05, 0.1) is 7.11 Å². The number of hydrogen-bond acceptors (Lipinski definition) is 6. The normalized spacial score (nSPS) is 20.5. The molecule has 1 N–H and O–H groups in total. The minimum atomic E-state index is -4.13.